The molecule has 2 N–H and O–H groups in total. The molecule has 0 aromatic heterocycles. The van der Waals surface area contributed by atoms with E-state index in [0.29, 0.717) is 12.1 Å². The van der Waals surface area contributed by atoms with E-state index < -0.39 is 17.2 Å². The highest BCUT2D eigenvalue weighted by atomic mass is 19.2. The third kappa shape index (κ3) is 5.10. The predicted molar refractivity (Wildman–Crippen MR) is 68.4 cm³/mol. The van der Waals surface area contributed by atoms with E-state index in [9.17, 15) is 13.9 Å². The zero-order valence-electron chi connectivity index (χ0n) is 11.3. The third-order valence-corrected chi connectivity index (χ3v) is 2.57. The largest absolute Gasteiger partial charge is 0.389 e. The molecular weight excluding hydrogens is 236 g/mol. The summed E-state index contributed by atoms with van der Waals surface area (Å²) >= 11 is 0. The molecule has 0 saturated heterocycles. The Labute approximate surface area is 107 Å². The van der Waals surface area contributed by atoms with Crippen LogP contribution in [0, 0.1) is 11.6 Å². The smallest absolute Gasteiger partial charge is 0.159 e. The van der Waals surface area contributed by atoms with Crippen molar-refractivity contribution in [3.63, 3.8) is 0 Å². The molecule has 0 radical (unpaired) electrons. The van der Waals surface area contributed by atoms with Gasteiger partial charge in [0.15, 0.2) is 11.6 Å². The Kier molecular flexibility index (Phi) is 4.46. The number of β-amino-alcohol motifs (C(OH)–C–C–N with tert-alkyl or cyclic N) is 1. The molecule has 1 aromatic carbocycles. The Hall–Kier alpha value is -1.00. The van der Waals surface area contributed by atoms with E-state index >= 15 is 0 Å². The van der Waals surface area contributed by atoms with Crippen molar-refractivity contribution in [2.24, 2.45) is 0 Å². The SMILES string of the molecule is CC(O)(CNC(C)(C)C)Cc1ccc(F)c(F)c1. The van der Waals surface area contributed by atoms with Gasteiger partial charge in [0.1, 0.15) is 0 Å². The molecule has 4 heteroatoms. The minimum absolute atomic E-state index is 0.0992. The second-order valence-corrected chi connectivity index (χ2v) is 6.03. The number of hydrogen-bond donors (Lipinski definition) is 2. The average Bonchev–Trinajstić information content (AvgIpc) is 2.20. The van der Waals surface area contributed by atoms with Gasteiger partial charge in [0.25, 0.3) is 0 Å². The summed E-state index contributed by atoms with van der Waals surface area (Å²) in [6, 6.07) is 3.70. The van der Waals surface area contributed by atoms with Crippen molar-refractivity contribution in [1.82, 2.24) is 5.32 Å². The van der Waals surface area contributed by atoms with Crippen molar-refractivity contribution in [1.29, 1.82) is 0 Å². The summed E-state index contributed by atoms with van der Waals surface area (Å²) in [4.78, 5) is 0. The molecule has 1 aromatic rings. The summed E-state index contributed by atoms with van der Waals surface area (Å²) in [6.07, 6.45) is 0.271. The van der Waals surface area contributed by atoms with Crippen LogP contribution < -0.4 is 5.32 Å². The normalized spacial score (nSPS) is 15.5. The van der Waals surface area contributed by atoms with E-state index in [2.05, 4.69) is 5.32 Å². The lowest BCUT2D eigenvalue weighted by Gasteiger charge is -2.29. The summed E-state index contributed by atoms with van der Waals surface area (Å²) in [5.41, 5.74) is -0.523. The van der Waals surface area contributed by atoms with Gasteiger partial charge in [-0.2, -0.15) is 0 Å². The first-order valence-corrected chi connectivity index (χ1v) is 6.00. The molecule has 0 aliphatic heterocycles. The Morgan fingerprint density at radius 1 is 1.11 bits per heavy atom. The van der Waals surface area contributed by atoms with Crippen LogP contribution in [0.25, 0.3) is 0 Å². The van der Waals surface area contributed by atoms with Crippen molar-refractivity contribution in [3.8, 4) is 0 Å². The highest BCUT2D eigenvalue weighted by Gasteiger charge is 2.23. The number of nitrogens with one attached hydrogen (secondary N) is 1. The summed E-state index contributed by atoms with van der Waals surface area (Å²) in [5, 5.41) is 13.4. The molecule has 18 heavy (non-hydrogen) atoms. The molecule has 0 saturated carbocycles. The lowest BCUT2D eigenvalue weighted by atomic mass is 9.95. The fourth-order valence-corrected chi connectivity index (χ4v) is 1.61. The van der Waals surface area contributed by atoms with Crippen LogP contribution in [-0.4, -0.2) is 22.8 Å². The van der Waals surface area contributed by atoms with Crippen LogP contribution in [0.5, 0.6) is 0 Å². The van der Waals surface area contributed by atoms with Gasteiger partial charge in [-0.05, 0) is 45.4 Å². The van der Waals surface area contributed by atoms with Gasteiger partial charge >= 0.3 is 0 Å². The highest BCUT2D eigenvalue weighted by molar-refractivity contribution is 5.19. The average molecular weight is 257 g/mol. The van der Waals surface area contributed by atoms with Gasteiger partial charge in [0.05, 0.1) is 5.60 Å². The molecule has 0 amide bonds. The molecule has 0 fully saturated rings. The summed E-state index contributed by atoms with van der Waals surface area (Å²) in [7, 11) is 0. The predicted octanol–water partition coefficient (Wildman–Crippen LogP) is 2.65. The molecule has 0 bridgehead atoms. The first-order chi connectivity index (χ1) is 8.09. The fraction of sp³-hybridized carbons (Fsp3) is 0.571. The minimum atomic E-state index is -1.00. The first kappa shape index (κ1) is 15.1. The first-order valence-electron chi connectivity index (χ1n) is 6.00. The zero-order chi connectivity index (χ0) is 14.0. The van der Waals surface area contributed by atoms with E-state index in [0.717, 1.165) is 12.1 Å². The van der Waals surface area contributed by atoms with Gasteiger partial charge in [0.2, 0.25) is 0 Å². The monoisotopic (exact) mass is 257 g/mol. The Morgan fingerprint density at radius 2 is 1.72 bits per heavy atom. The molecule has 1 rings (SSSR count). The number of halogens is 2. The molecule has 102 valence electrons. The quantitative estimate of drug-likeness (QED) is 0.869. The maximum absolute atomic E-state index is 13.1. The Morgan fingerprint density at radius 3 is 2.22 bits per heavy atom. The number of aliphatic hydroxyl groups is 1. The highest BCUT2D eigenvalue weighted by Crippen LogP contribution is 2.16. The molecule has 0 aliphatic carbocycles. The van der Waals surface area contributed by atoms with Crippen LogP contribution in [0.2, 0.25) is 0 Å². The van der Waals surface area contributed by atoms with Gasteiger partial charge in [-0.3, -0.25) is 0 Å². The van der Waals surface area contributed by atoms with Crippen LogP contribution in [0.1, 0.15) is 33.3 Å². The van der Waals surface area contributed by atoms with Gasteiger partial charge in [-0.1, -0.05) is 6.07 Å². The summed E-state index contributed by atoms with van der Waals surface area (Å²) < 4.78 is 25.8. The topological polar surface area (TPSA) is 32.3 Å². The van der Waals surface area contributed by atoms with E-state index in [-0.39, 0.29) is 12.0 Å². The maximum Gasteiger partial charge on any atom is 0.159 e. The zero-order valence-corrected chi connectivity index (χ0v) is 11.3. The van der Waals surface area contributed by atoms with Crippen LogP contribution in [0.15, 0.2) is 18.2 Å². The van der Waals surface area contributed by atoms with Crippen LogP contribution in [0.3, 0.4) is 0 Å². The Bertz CT molecular complexity index is 411. The molecule has 0 spiro atoms. The number of benzene rings is 1. The molecule has 2 nitrogen and oxygen atoms in total. The Balaban J connectivity index is 2.67. The van der Waals surface area contributed by atoms with Gasteiger partial charge in [0, 0.05) is 18.5 Å². The third-order valence-electron chi connectivity index (χ3n) is 2.57. The lowest BCUT2D eigenvalue weighted by Crippen LogP contribution is -2.47. The lowest BCUT2D eigenvalue weighted by molar-refractivity contribution is 0.0534. The van der Waals surface area contributed by atoms with E-state index in [4.69, 9.17) is 0 Å². The van der Waals surface area contributed by atoms with Crippen molar-refractivity contribution in [2.75, 3.05) is 6.54 Å². The summed E-state index contributed by atoms with van der Waals surface area (Å²) in [5.74, 6) is -1.75. The van der Waals surface area contributed by atoms with E-state index in [1.54, 1.807) is 6.92 Å². The number of rotatable bonds is 4. The molecule has 1 atom stereocenters. The van der Waals surface area contributed by atoms with Crippen molar-refractivity contribution < 1.29 is 13.9 Å². The second kappa shape index (κ2) is 5.33. The number of hydrogen-bond acceptors (Lipinski definition) is 2. The van der Waals surface area contributed by atoms with Gasteiger partial charge in [-0.25, -0.2) is 8.78 Å². The van der Waals surface area contributed by atoms with Crippen molar-refractivity contribution in [3.05, 3.63) is 35.4 Å². The fourth-order valence-electron chi connectivity index (χ4n) is 1.61. The van der Waals surface area contributed by atoms with Crippen molar-refractivity contribution in [2.45, 2.75) is 45.3 Å². The van der Waals surface area contributed by atoms with E-state index in [1.807, 2.05) is 20.8 Å². The molecule has 1 unspecified atom stereocenters. The molecule has 0 aliphatic rings. The van der Waals surface area contributed by atoms with Crippen LogP contribution >= 0.6 is 0 Å². The van der Waals surface area contributed by atoms with Gasteiger partial charge in [-0.15, -0.1) is 0 Å². The second-order valence-electron chi connectivity index (χ2n) is 6.03. The maximum atomic E-state index is 13.1. The van der Waals surface area contributed by atoms with Gasteiger partial charge < -0.3 is 10.4 Å². The molecule has 0 heterocycles. The summed E-state index contributed by atoms with van der Waals surface area (Å²) in [6.45, 7) is 8.06. The van der Waals surface area contributed by atoms with Crippen LogP contribution in [0.4, 0.5) is 8.78 Å². The molecular formula is C14H21F2NO. The minimum Gasteiger partial charge on any atom is -0.389 e. The van der Waals surface area contributed by atoms with Crippen LogP contribution in [-0.2, 0) is 6.42 Å². The van der Waals surface area contributed by atoms with E-state index in [1.165, 1.54) is 6.07 Å². The standard InChI is InChI=1S/C14H21F2NO/c1-13(2,3)17-9-14(4,18)8-10-5-6-11(15)12(16)7-10/h5-7,17-18H,8-9H2,1-4H3. The van der Waals surface area contributed by atoms with Crippen molar-refractivity contribution >= 4 is 0 Å².